The lowest BCUT2D eigenvalue weighted by Crippen LogP contribution is -2.54. The molecule has 0 aromatic heterocycles. The maximum Gasteiger partial charge on any atom is 0.335 e. The van der Waals surface area contributed by atoms with Crippen molar-refractivity contribution >= 4 is 63.1 Å². The number of rotatable bonds is 6. The third kappa shape index (κ3) is 5.32. The van der Waals surface area contributed by atoms with Crippen molar-refractivity contribution in [2.75, 3.05) is 4.90 Å². The fourth-order valence-corrected chi connectivity index (χ4v) is 4.44. The molecule has 1 aliphatic rings. The maximum atomic E-state index is 13.1. The summed E-state index contributed by atoms with van der Waals surface area (Å²) in [5, 5.41) is 11.4. The van der Waals surface area contributed by atoms with Gasteiger partial charge in [-0.05, 0) is 76.5 Å². The van der Waals surface area contributed by atoms with Crippen LogP contribution in [0, 0.1) is 6.92 Å². The number of hydrogen-bond acceptors (Lipinski definition) is 5. The van der Waals surface area contributed by atoms with Gasteiger partial charge in [0.1, 0.15) is 12.2 Å². The lowest BCUT2D eigenvalue weighted by atomic mass is 10.1. The van der Waals surface area contributed by atoms with Gasteiger partial charge in [0.25, 0.3) is 11.8 Å². The van der Waals surface area contributed by atoms with Gasteiger partial charge in [0.05, 0.1) is 20.7 Å². The number of aromatic carboxylic acids is 1. The van der Waals surface area contributed by atoms with Crippen LogP contribution < -0.4 is 15.0 Å². The minimum atomic E-state index is -1.02. The van der Waals surface area contributed by atoms with Crippen molar-refractivity contribution in [2.24, 2.45) is 0 Å². The number of carbonyl (C=O) groups is 4. The first-order valence-corrected chi connectivity index (χ1v) is 11.7. The standard InChI is InChI=1S/C26H18BrClN2O6/c1-14-2-8-18(9-3-14)30-24(32)19(23(31)29-26(30)35)10-16-11-20(27)22(21(28)12-16)36-13-15-4-6-17(7-5-15)25(33)34/h2-12H,13H2,1H3,(H,33,34)(H,29,31,35)/b19-10+. The molecule has 3 aromatic carbocycles. The van der Waals surface area contributed by atoms with Gasteiger partial charge in [0.2, 0.25) is 0 Å². The van der Waals surface area contributed by atoms with Crippen LogP contribution in [0.25, 0.3) is 6.08 Å². The molecule has 4 rings (SSSR count). The quantitative estimate of drug-likeness (QED) is 0.305. The molecule has 0 aliphatic carbocycles. The second-order valence-electron chi connectivity index (χ2n) is 7.90. The molecule has 1 heterocycles. The lowest BCUT2D eigenvalue weighted by molar-refractivity contribution is -0.122. The first-order valence-electron chi connectivity index (χ1n) is 10.6. The minimum Gasteiger partial charge on any atom is -0.486 e. The number of benzene rings is 3. The lowest BCUT2D eigenvalue weighted by Gasteiger charge is -2.26. The summed E-state index contributed by atoms with van der Waals surface area (Å²) in [6.07, 6.45) is 1.34. The van der Waals surface area contributed by atoms with Gasteiger partial charge in [-0.2, -0.15) is 0 Å². The van der Waals surface area contributed by atoms with Crippen molar-refractivity contribution in [3.05, 3.63) is 98.0 Å². The third-order valence-electron chi connectivity index (χ3n) is 5.31. The monoisotopic (exact) mass is 568 g/mol. The molecule has 0 saturated carbocycles. The number of aryl methyl sites for hydroxylation is 1. The summed E-state index contributed by atoms with van der Waals surface area (Å²) in [5.74, 6) is -2.26. The van der Waals surface area contributed by atoms with E-state index < -0.39 is 23.8 Å². The van der Waals surface area contributed by atoms with Crippen LogP contribution in [0.1, 0.15) is 27.0 Å². The van der Waals surface area contributed by atoms with Crippen LogP contribution in [0.3, 0.4) is 0 Å². The first-order chi connectivity index (χ1) is 17.1. The molecule has 182 valence electrons. The Morgan fingerprint density at radius 2 is 1.75 bits per heavy atom. The van der Waals surface area contributed by atoms with E-state index >= 15 is 0 Å². The average Bonchev–Trinajstić information content (AvgIpc) is 2.82. The number of carboxylic acids is 1. The zero-order chi connectivity index (χ0) is 26.0. The number of amides is 4. The van der Waals surface area contributed by atoms with E-state index in [-0.39, 0.29) is 22.8 Å². The van der Waals surface area contributed by atoms with Crippen LogP contribution >= 0.6 is 27.5 Å². The van der Waals surface area contributed by atoms with Crippen molar-refractivity contribution in [3.8, 4) is 5.75 Å². The van der Waals surface area contributed by atoms with Gasteiger partial charge >= 0.3 is 12.0 Å². The van der Waals surface area contributed by atoms with Gasteiger partial charge in [-0.1, -0.05) is 41.4 Å². The number of imide groups is 2. The van der Waals surface area contributed by atoms with Crippen LogP contribution in [-0.4, -0.2) is 28.9 Å². The van der Waals surface area contributed by atoms with Crippen LogP contribution in [0.15, 0.2) is 70.7 Å². The van der Waals surface area contributed by atoms with E-state index in [0.29, 0.717) is 21.5 Å². The molecular weight excluding hydrogens is 552 g/mol. The molecule has 3 aromatic rings. The number of hydrogen-bond donors (Lipinski definition) is 2. The number of carbonyl (C=O) groups excluding carboxylic acids is 3. The van der Waals surface area contributed by atoms with Crippen LogP contribution in [0.5, 0.6) is 5.75 Å². The number of urea groups is 1. The number of anilines is 1. The molecule has 4 amide bonds. The van der Waals surface area contributed by atoms with Crippen molar-refractivity contribution in [3.63, 3.8) is 0 Å². The van der Waals surface area contributed by atoms with Gasteiger partial charge < -0.3 is 9.84 Å². The second kappa shape index (κ2) is 10.3. The Morgan fingerprint density at radius 3 is 2.36 bits per heavy atom. The van der Waals surface area contributed by atoms with Gasteiger partial charge in [0, 0.05) is 0 Å². The molecule has 1 aliphatic heterocycles. The summed E-state index contributed by atoms with van der Waals surface area (Å²) in [4.78, 5) is 49.8. The summed E-state index contributed by atoms with van der Waals surface area (Å²) >= 11 is 9.80. The van der Waals surface area contributed by atoms with Crippen LogP contribution in [0.2, 0.25) is 5.02 Å². The van der Waals surface area contributed by atoms with E-state index in [4.69, 9.17) is 21.4 Å². The maximum absolute atomic E-state index is 13.1. The number of nitrogens with one attached hydrogen (secondary N) is 1. The van der Waals surface area contributed by atoms with E-state index in [1.54, 1.807) is 42.5 Å². The SMILES string of the molecule is Cc1ccc(N2C(=O)NC(=O)/C(=C\c3cc(Cl)c(OCc4ccc(C(=O)O)cc4)c(Br)c3)C2=O)cc1. The molecule has 0 unspecified atom stereocenters. The highest BCUT2D eigenvalue weighted by molar-refractivity contribution is 9.10. The predicted octanol–water partition coefficient (Wildman–Crippen LogP) is 5.35. The molecular formula is C26H18BrClN2O6. The number of halogens is 2. The number of barbiturate groups is 1. The molecule has 0 atom stereocenters. The normalized spacial score (nSPS) is 14.7. The zero-order valence-electron chi connectivity index (χ0n) is 18.7. The number of nitrogens with zero attached hydrogens (tertiary/aromatic N) is 1. The molecule has 2 N–H and O–H groups in total. The van der Waals surface area contributed by atoms with E-state index in [0.717, 1.165) is 16.0 Å². The van der Waals surface area contributed by atoms with E-state index in [1.165, 1.54) is 24.3 Å². The second-order valence-corrected chi connectivity index (χ2v) is 9.16. The van der Waals surface area contributed by atoms with Gasteiger partial charge in [0.15, 0.2) is 5.75 Å². The van der Waals surface area contributed by atoms with Crippen molar-refractivity contribution in [1.29, 1.82) is 0 Å². The van der Waals surface area contributed by atoms with Crippen molar-refractivity contribution in [2.45, 2.75) is 13.5 Å². The molecule has 36 heavy (non-hydrogen) atoms. The first kappa shape index (κ1) is 25.2. The summed E-state index contributed by atoms with van der Waals surface area (Å²) < 4.78 is 6.27. The van der Waals surface area contributed by atoms with Crippen LogP contribution in [-0.2, 0) is 16.2 Å². The molecule has 0 spiro atoms. The van der Waals surface area contributed by atoms with Gasteiger partial charge in [-0.25, -0.2) is 14.5 Å². The smallest absolute Gasteiger partial charge is 0.335 e. The summed E-state index contributed by atoms with van der Waals surface area (Å²) in [7, 11) is 0. The topological polar surface area (TPSA) is 113 Å². The Hall–Kier alpha value is -3.95. The van der Waals surface area contributed by atoms with Crippen molar-refractivity contribution < 1.29 is 29.0 Å². The molecule has 0 radical (unpaired) electrons. The molecule has 1 saturated heterocycles. The highest BCUT2D eigenvalue weighted by Gasteiger charge is 2.36. The Labute approximate surface area is 219 Å². The highest BCUT2D eigenvalue weighted by Crippen LogP contribution is 2.36. The van der Waals surface area contributed by atoms with Crippen LogP contribution in [0.4, 0.5) is 10.5 Å². The number of carboxylic acid groups (broad SMARTS) is 1. The third-order valence-corrected chi connectivity index (χ3v) is 6.18. The predicted molar refractivity (Wildman–Crippen MR) is 137 cm³/mol. The molecule has 0 bridgehead atoms. The average molecular weight is 570 g/mol. The molecule has 8 nitrogen and oxygen atoms in total. The molecule has 1 fully saturated rings. The van der Waals surface area contributed by atoms with Gasteiger partial charge in [-0.15, -0.1) is 0 Å². The van der Waals surface area contributed by atoms with E-state index in [2.05, 4.69) is 21.2 Å². The summed E-state index contributed by atoms with van der Waals surface area (Å²) in [5.41, 5.74) is 2.39. The fraction of sp³-hybridized carbons (Fsp3) is 0.0769. The highest BCUT2D eigenvalue weighted by atomic mass is 79.9. The van der Waals surface area contributed by atoms with Crippen molar-refractivity contribution in [1.82, 2.24) is 5.32 Å². The Kier molecular flexibility index (Phi) is 7.23. The van der Waals surface area contributed by atoms with E-state index in [1.807, 2.05) is 6.92 Å². The minimum absolute atomic E-state index is 0.132. The van der Waals surface area contributed by atoms with E-state index in [9.17, 15) is 19.2 Å². The Bertz CT molecular complexity index is 1390. The fourth-order valence-electron chi connectivity index (χ4n) is 3.45. The van der Waals surface area contributed by atoms with Gasteiger partial charge in [-0.3, -0.25) is 14.9 Å². The largest absolute Gasteiger partial charge is 0.486 e. The molecule has 10 heteroatoms. The Morgan fingerprint density at radius 1 is 1.08 bits per heavy atom. The number of ether oxygens (including phenoxy) is 1. The zero-order valence-corrected chi connectivity index (χ0v) is 21.1. The Balaban J connectivity index is 1.57. The summed E-state index contributed by atoms with van der Waals surface area (Å²) in [6.45, 7) is 2.01. The summed E-state index contributed by atoms with van der Waals surface area (Å²) in [6, 6.07) is 15.3.